The Morgan fingerprint density at radius 2 is 2.22 bits per heavy atom. The summed E-state index contributed by atoms with van der Waals surface area (Å²) in [6.07, 6.45) is 1.79. The minimum absolute atomic E-state index is 0.140. The molecule has 1 aromatic heterocycles. The van der Waals surface area contributed by atoms with Crippen LogP contribution in [0.5, 0.6) is 0 Å². The van der Waals surface area contributed by atoms with E-state index in [0.29, 0.717) is 32.2 Å². The van der Waals surface area contributed by atoms with E-state index in [4.69, 9.17) is 4.74 Å². The lowest BCUT2D eigenvalue weighted by molar-refractivity contribution is 0.0582. The molecule has 0 aliphatic carbocycles. The molecule has 0 aromatic carbocycles. The van der Waals surface area contributed by atoms with Gasteiger partial charge in [-0.2, -0.15) is 4.31 Å². The molecule has 1 aromatic rings. The molecule has 3 rings (SSSR count). The molecule has 7 heteroatoms. The second-order valence-corrected chi connectivity index (χ2v) is 8.88. The number of nitrogens with zero attached hydrogens (tertiary/aromatic N) is 3. The third-order valence-electron chi connectivity index (χ3n) is 5.14. The monoisotopic (exact) mass is 339 g/mol. The molecule has 0 unspecified atom stereocenters. The van der Waals surface area contributed by atoms with E-state index in [1.54, 1.807) is 17.4 Å². The Balaban J connectivity index is 1.85. The maximum Gasteiger partial charge on any atom is 0.213 e. The summed E-state index contributed by atoms with van der Waals surface area (Å²) in [7, 11) is -3.19. The summed E-state index contributed by atoms with van der Waals surface area (Å²) in [4.78, 5) is 6.68. The molecule has 23 heavy (non-hydrogen) atoms. The van der Waals surface area contributed by atoms with Gasteiger partial charge in [-0.1, -0.05) is 13.0 Å². The van der Waals surface area contributed by atoms with Gasteiger partial charge >= 0.3 is 0 Å². The molecular formula is C16H25N3O3S. The molecule has 0 amide bonds. The van der Waals surface area contributed by atoms with Crippen LogP contribution in [0.2, 0.25) is 0 Å². The minimum Gasteiger partial charge on any atom is -0.379 e. The summed E-state index contributed by atoms with van der Waals surface area (Å²) in [6.45, 7) is 7.61. The summed E-state index contributed by atoms with van der Waals surface area (Å²) in [5.74, 6) is 1.43. The van der Waals surface area contributed by atoms with Gasteiger partial charge in [-0.15, -0.1) is 0 Å². The number of aromatic nitrogens is 1. The molecular weight excluding hydrogens is 314 g/mol. The molecule has 0 radical (unpaired) electrons. The Morgan fingerprint density at radius 3 is 2.91 bits per heavy atom. The van der Waals surface area contributed by atoms with Gasteiger partial charge in [0.25, 0.3) is 0 Å². The lowest BCUT2D eigenvalue weighted by Crippen LogP contribution is -2.46. The van der Waals surface area contributed by atoms with Crippen molar-refractivity contribution in [2.24, 2.45) is 11.3 Å². The number of hydrogen-bond donors (Lipinski definition) is 0. The molecule has 2 aliphatic rings. The van der Waals surface area contributed by atoms with Gasteiger partial charge in [0.1, 0.15) is 5.82 Å². The van der Waals surface area contributed by atoms with Crippen LogP contribution >= 0.6 is 0 Å². The fourth-order valence-corrected chi connectivity index (χ4v) is 4.74. The predicted octanol–water partition coefficient (Wildman–Crippen LogP) is 1.21. The van der Waals surface area contributed by atoms with E-state index in [-0.39, 0.29) is 11.2 Å². The van der Waals surface area contributed by atoms with Crippen LogP contribution in [0.25, 0.3) is 0 Å². The average molecular weight is 339 g/mol. The van der Waals surface area contributed by atoms with E-state index in [2.05, 4.69) is 16.8 Å². The zero-order valence-electron chi connectivity index (χ0n) is 13.8. The van der Waals surface area contributed by atoms with E-state index in [1.807, 2.05) is 18.2 Å². The largest absolute Gasteiger partial charge is 0.379 e. The van der Waals surface area contributed by atoms with Crippen LogP contribution in [-0.4, -0.2) is 62.9 Å². The Hall–Kier alpha value is -1.18. The van der Waals surface area contributed by atoms with Crippen LogP contribution in [-0.2, 0) is 14.8 Å². The van der Waals surface area contributed by atoms with Crippen LogP contribution in [0.1, 0.15) is 13.8 Å². The molecule has 0 N–H and O–H groups in total. The maximum atomic E-state index is 12.3. The number of ether oxygens (including phenoxy) is 1. The van der Waals surface area contributed by atoms with Crippen molar-refractivity contribution in [3.8, 4) is 0 Å². The molecule has 128 valence electrons. The van der Waals surface area contributed by atoms with E-state index in [1.165, 1.54) is 0 Å². The van der Waals surface area contributed by atoms with Crippen molar-refractivity contribution in [2.75, 3.05) is 50.0 Å². The maximum absolute atomic E-state index is 12.3. The lowest BCUT2D eigenvalue weighted by atomic mass is 9.80. The van der Waals surface area contributed by atoms with Crippen molar-refractivity contribution in [1.29, 1.82) is 0 Å². The fourth-order valence-electron chi connectivity index (χ4n) is 3.57. The zero-order valence-corrected chi connectivity index (χ0v) is 14.6. The molecule has 0 saturated carbocycles. The topological polar surface area (TPSA) is 62.7 Å². The van der Waals surface area contributed by atoms with Gasteiger partial charge in [0.05, 0.1) is 19.0 Å². The third kappa shape index (κ3) is 3.22. The lowest BCUT2D eigenvalue weighted by Gasteiger charge is -2.34. The Bertz CT molecular complexity index is 637. The molecule has 2 fully saturated rings. The van der Waals surface area contributed by atoms with Crippen molar-refractivity contribution >= 4 is 15.8 Å². The summed E-state index contributed by atoms with van der Waals surface area (Å²) in [6, 6.07) is 5.89. The van der Waals surface area contributed by atoms with Crippen LogP contribution in [0.15, 0.2) is 24.4 Å². The van der Waals surface area contributed by atoms with Crippen LogP contribution < -0.4 is 4.90 Å². The first-order valence-electron chi connectivity index (χ1n) is 8.18. The highest BCUT2D eigenvalue weighted by Gasteiger charge is 2.48. The molecule has 2 atom stereocenters. The fraction of sp³-hybridized carbons (Fsp3) is 0.688. The third-order valence-corrected chi connectivity index (χ3v) is 6.97. The second-order valence-electron chi connectivity index (χ2n) is 6.62. The molecule has 2 aliphatic heterocycles. The highest BCUT2D eigenvalue weighted by atomic mass is 32.2. The van der Waals surface area contributed by atoms with Gasteiger partial charge in [-0.25, -0.2) is 13.4 Å². The number of rotatable bonds is 3. The Labute approximate surface area is 138 Å². The smallest absolute Gasteiger partial charge is 0.213 e. The average Bonchev–Trinajstić information content (AvgIpc) is 2.74. The highest BCUT2D eigenvalue weighted by molar-refractivity contribution is 7.89. The van der Waals surface area contributed by atoms with Crippen LogP contribution in [0.3, 0.4) is 0 Å². The second kappa shape index (κ2) is 6.37. The van der Waals surface area contributed by atoms with E-state index in [9.17, 15) is 8.42 Å². The first-order chi connectivity index (χ1) is 11.0. The van der Waals surface area contributed by atoms with Crippen molar-refractivity contribution < 1.29 is 13.2 Å². The van der Waals surface area contributed by atoms with Gasteiger partial charge in [-0.3, -0.25) is 0 Å². The normalized spacial score (nSPS) is 29.8. The number of hydrogen-bond acceptors (Lipinski definition) is 5. The first-order valence-corrected chi connectivity index (χ1v) is 9.79. The quantitative estimate of drug-likeness (QED) is 0.828. The Kier molecular flexibility index (Phi) is 4.62. The van der Waals surface area contributed by atoms with E-state index < -0.39 is 10.0 Å². The molecule has 3 heterocycles. The van der Waals surface area contributed by atoms with E-state index >= 15 is 0 Å². The molecule has 6 nitrogen and oxygen atoms in total. The number of sulfonamides is 1. The van der Waals surface area contributed by atoms with Crippen molar-refractivity contribution in [3.05, 3.63) is 24.4 Å². The number of pyridine rings is 1. The predicted molar refractivity (Wildman–Crippen MR) is 89.9 cm³/mol. The van der Waals surface area contributed by atoms with Gasteiger partial charge in [0.2, 0.25) is 10.0 Å². The molecule has 2 saturated heterocycles. The minimum atomic E-state index is -3.19. The Morgan fingerprint density at radius 1 is 1.39 bits per heavy atom. The van der Waals surface area contributed by atoms with Crippen LogP contribution in [0.4, 0.5) is 5.82 Å². The summed E-state index contributed by atoms with van der Waals surface area (Å²) >= 11 is 0. The highest BCUT2D eigenvalue weighted by Crippen LogP contribution is 2.40. The summed E-state index contributed by atoms with van der Waals surface area (Å²) in [5.41, 5.74) is -0.170. The first kappa shape index (κ1) is 16.7. The van der Waals surface area contributed by atoms with Crippen molar-refractivity contribution in [1.82, 2.24) is 9.29 Å². The van der Waals surface area contributed by atoms with E-state index in [0.717, 1.165) is 18.9 Å². The zero-order chi connectivity index (χ0) is 16.5. The molecule has 1 spiro atoms. The van der Waals surface area contributed by atoms with Crippen molar-refractivity contribution in [3.63, 3.8) is 0 Å². The van der Waals surface area contributed by atoms with Gasteiger partial charge < -0.3 is 9.64 Å². The van der Waals surface area contributed by atoms with Gasteiger partial charge in [0, 0.05) is 37.8 Å². The van der Waals surface area contributed by atoms with Crippen LogP contribution in [0, 0.1) is 11.3 Å². The number of anilines is 1. The summed E-state index contributed by atoms with van der Waals surface area (Å²) in [5, 5.41) is 0. The standard InChI is InChI=1S/C16H25N3O3S/c1-3-23(20,21)19-8-9-22-13-16(12-19)11-18(10-14(16)2)15-6-4-5-7-17-15/h4-7,14H,3,8-13H2,1-2H3/t14-,16+/m0/s1. The summed E-state index contributed by atoms with van der Waals surface area (Å²) < 4.78 is 32.1. The van der Waals surface area contributed by atoms with Crippen molar-refractivity contribution in [2.45, 2.75) is 13.8 Å². The van der Waals surface area contributed by atoms with Gasteiger partial charge in [-0.05, 0) is 25.0 Å². The molecule has 0 bridgehead atoms. The SMILES string of the molecule is CCS(=O)(=O)N1CCOC[C@@]2(CN(c3ccccn3)C[C@@H]2C)C1. The van der Waals surface area contributed by atoms with Gasteiger partial charge in [0.15, 0.2) is 0 Å².